The number of nitrogens with zero attached hydrogens (tertiary/aromatic N) is 2. The van der Waals surface area contributed by atoms with E-state index in [0.29, 0.717) is 12.6 Å². The third-order valence-corrected chi connectivity index (χ3v) is 4.21. The molecular weight excluding hydrogens is 270 g/mol. The second-order valence-corrected chi connectivity index (χ2v) is 6.44. The van der Waals surface area contributed by atoms with Crippen LogP contribution in [0.5, 0.6) is 0 Å². The average Bonchev–Trinajstić information content (AvgIpc) is 2.60. The van der Waals surface area contributed by atoms with Crippen molar-refractivity contribution >= 4 is 22.4 Å². The number of aryl methyl sites for hydroxylation is 2. The second kappa shape index (κ2) is 7.26. The van der Waals surface area contributed by atoms with E-state index in [9.17, 15) is 4.21 Å². The molecule has 2 atom stereocenters. The van der Waals surface area contributed by atoms with Gasteiger partial charge in [0.25, 0.3) is 0 Å². The summed E-state index contributed by atoms with van der Waals surface area (Å²) in [7, 11) is -0.724. The topological polar surface area (TPSA) is 46.9 Å². The molecule has 0 saturated heterocycles. The number of aromatic nitrogens is 2. The minimum absolute atomic E-state index is 0.325. The molecule has 1 heterocycles. The fraction of sp³-hybridized carbons (Fsp3) is 0.750. The Labute approximate surface area is 117 Å². The van der Waals surface area contributed by atoms with Crippen molar-refractivity contribution in [3.63, 3.8) is 0 Å². The zero-order valence-corrected chi connectivity index (χ0v) is 13.1. The summed E-state index contributed by atoms with van der Waals surface area (Å²) < 4.78 is 13.0. The van der Waals surface area contributed by atoms with Crippen LogP contribution in [0.15, 0.2) is 0 Å². The van der Waals surface area contributed by atoms with Gasteiger partial charge in [0.05, 0.1) is 16.4 Å². The molecule has 0 aliphatic heterocycles. The van der Waals surface area contributed by atoms with Crippen LogP contribution in [-0.4, -0.2) is 32.0 Å². The maximum Gasteiger partial charge on any atom is 0.0860 e. The van der Waals surface area contributed by atoms with E-state index in [-0.39, 0.29) is 0 Å². The van der Waals surface area contributed by atoms with Crippen LogP contribution >= 0.6 is 11.6 Å². The van der Waals surface area contributed by atoms with Crippen molar-refractivity contribution in [1.82, 2.24) is 15.1 Å². The Kier molecular flexibility index (Phi) is 6.32. The largest absolute Gasteiger partial charge is 0.309 e. The molecule has 0 bridgehead atoms. The third-order valence-electron chi connectivity index (χ3n) is 2.91. The Bertz CT molecular complexity index is 420. The molecule has 1 N–H and O–H groups in total. The molecule has 1 aromatic rings. The molecule has 18 heavy (non-hydrogen) atoms. The summed E-state index contributed by atoms with van der Waals surface area (Å²) in [5.74, 6) is 0.730. The van der Waals surface area contributed by atoms with E-state index in [1.165, 1.54) is 0 Å². The summed E-state index contributed by atoms with van der Waals surface area (Å²) in [6, 6.07) is 0.325. The highest BCUT2D eigenvalue weighted by Gasteiger charge is 2.13. The van der Waals surface area contributed by atoms with Gasteiger partial charge in [-0.1, -0.05) is 11.6 Å². The first-order valence-electron chi connectivity index (χ1n) is 6.20. The van der Waals surface area contributed by atoms with Crippen molar-refractivity contribution < 1.29 is 4.21 Å². The highest BCUT2D eigenvalue weighted by molar-refractivity contribution is 7.84. The molecule has 0 aliphatic rings. The van der Waals surface area contributed by atoms with Gasteiger partial charge in [0, 0.05) is 41.9 Å². The molecule has 6 heteroatoms. The lowest BCUT2D eigenvalue weighted by Gasteiger charge is -2.14. The molecular formula is C12H22ClN3OS. The lowest BCUT2D eigenvalue weighted by molar-refractivity contribution is 0.507. The van der Waals surface area contributed by atoms with Gasteiger partial charge in [0.2, 0.25) is 0 Å². The van der Waals surface area contributed by atoms with E-state index in [4.69, 9.17) is 11.6 Å². The van der Waals surface area contributed by atoms with Crippen LogP contribution in [0.25, 0.3) is 0 Å². The number of hydrogen-bond donors (Lipinski definition) is 1. The van der Waals surface area contributed by atoms with E-state index in [1.807, 2.05) is 11.6 Å². The van der Waals surface area contributed by atoms with E-state index in [0.717, 1.165) is 35.1 Å². The third kappa shape index (κ3) is 4.37. The van der Waals surface area contributed by atoms with Gasteiger partial charge in [-0.15, -0.1) is 0 Å². The van der Waals surface area contributed by atoms with Crippen molar-refractivity contribution in [2.24, 2.45) is 0 Å². The van der Waals surface area contributed by atoms with Crippen molar-refractivity contribution in [3.05, 3.63) is 16.4 Å². The van der Waals surface area contributed by atoms with Gasteiger partial charge >= 0.3 is 0 Å². The first-order chi connectivity index (χ1) is 8.45. The van der Waals surface area contributed by atoms with Gasteiger partial charge < -0.3 is 5.32 Å². The molecule has 2 unspecified atom stereocenters. The van der Waals surface area contributed by atoms with Crippen molar-refractivity contribution in [1.29, 1.82) is 0 Å². The summed E-state index contributed by atoms with van der Waals surface area (Å²) >= 11 is 6.23. The van der Waals surface area contributed by atoms with Crippen molar-refractivity contribution in [2.75, 3.05) is 12.0 Å². The minimum Gasteiger partial charge on any atom is -0.309 e. The van der Waals surface area contributed by atoms with Crippen LogP contribution in [0, 0.1) is 6.92 Å². The summed E-state index contributed by atoms with van der Waals surface area (Å²) in [5, 5.41) is 8.53. The predicted octanol–water partition coefficient (Wildman–Crippen LogP) is 2.11. The summed E-state index contributed by atoms with van der Waals surface area (Å²) in [4.78, 5) is 0. The summed E-state index contributed by atoms with van der Waals surface area (Å²) in [6.07, 6.45) is 2.64. The zero-order valence-electron chi connectivity index (χ0n) is 11.5. The molecule has 0 spiro atoms. The lowest BCUT2D eigenvalue weighted by Crippen LogP contribution is -2.28. The number of rotatable bonds is 7. The first-order valence-corrected chi connectivity index (χ1v) is 8.31. The monoisotopic (exact) mass is 291 g/mol. The van der Waals surface area contributed by atoms with Crippen LogP contribution in [0.3, 0.4) is 0 Å². The van der Waals surface area contributed by atoms with Crippen molar-refractivity contribution in [3.8, 4) is 0 Å². The zero-order chi connectivity index (χ0) is 13.7. The van der Waals surface area contributed by atoms with Crippen LogP contribution < -0.4 is 5.32 Å². The highest BCUT2D eigenvalue weighted by Crippen LogP contribution is 2.20. The fourth-order valence-corrected chi connectivity index (χ4v) is 2.64. The molecule has 0 aliphatic carbocycles. The Morgan fingerprint density at radius 1 is 1.56 bits per heavy atom. The number of hydrogen-bond acceptors (Lipinski definition) is 3. The van der Waals surface area contributed by atoms with Gasteiger partial charge in [0.15, 0.2) is 0 Å². The fourth-order valence-electron chi connectivity index (χ4n) is 1.75. The summed E-state index contributed by atoms with van der Waals surface area (Å²) in [5.41, 5.74) is 1.90. The molecule has 0 saturated carbocycles. The van der Waals surface area contributed by atoms with Crippen LogP contribution in [-0.2, 0) is 23.9 Å². The Balaban J connectivity index is 2.55. The molecule has 1 aromatic heterocycles. The molecule has 104 valence electrons. The predicted molar refractivity (Wildman–Crippen MR) is 77.5 cm³/mol. The van der Waals surface area contributed by atoms with E-state index in [1.54, 1.807) is 6.26 Å². The number of halogens is 1. The minimum atomic E-state index is -0.724. The quantitative estimate of drug-likeness (QED) is 0.837. The second-order valence-electron chi connectivity index (χ2n) is 4.51. The normalized spacial score (nSPS) is 14.7. The van der Waals surface area contributed by atoms with Gasteiger partial charge in [-0.3, -0.25) is 8.89 Å². The van der Waals surface area contributed by atoms with Crippen LogP contribution in [0.1, 0.15) is 31.7 Å². The standard InChI is InChI=1S/C12H22ClN3OS/c1-5-16-11(12(13)10(3)15-16)8-14-9(2)6-7-18(4)17/h9,14H,5-8H2,1-4H3. The molecule has 4 nitrogen and oxygen atoms in total. The highest BCUT2D eigenvalue weighted by atomic mass is 35.5. The van der Waals surface area contributed by atoms with Gasteiger partial charge in [-0.05, 0) is 27.2 Å². The van der Waals surface area contributed by atoms with Gasteiger partial charge in [-0.25, -0.2) is 0 Å². The number of nitrogens with one attached hydrogen (secondary N) is 1. The van der Waals surface area contributed by atoms with Gasteiger partial charge in [0.1, 0.15) is 0 Å². The maximum atomic E-state index is 11.0. The smallest absolute Gasteiger partial charge is 0.0860 e. The molecule has 1 rings (SSSR count). The summed E-state index contributed by atoms with van der Waals surface area (Å²) in [6.45, 7) is 7.58. The Morgan fingerprint density at radius 2 is 2.22 bits per heavy atom. The first kappa shape index (κ1) is 15.7. The molecule has 0 radical (unpaired) electrons. The van der Waals surface area contributed by atoms with Crippen LogP contribution in [0.4, 0.5) is 0 Å². The SMILES string of the molecule is CCn1nc(C)c(Cl)c1CNC(C)CCS(C)=O. The van der Waals surface area contributed by atoms with Gasteiger partial charge in [-0.2, -0.15) is 5.10 Å². The van der Waals surface area contributed by atoms with E-state index >= 15 is 0 Å². The Hall–Kier alpha value is -0.390. The van der Waals surface area contributed by atoms with E-state index in [2.05, 4.69) is 24.3 Å². The lowest BCUT2D eigenvalue weighted by atomic mass is 10.2. The van der Waals surface area contributed by atoms with E-state index < -0.39 is 10.8 Å². The molecule has 0 fully saturated rings. The maximum absolute atomic E-state index is 11.0. The molecule has 0 aromatic carbocycles. The van der Waals surface area contributed by atoms with Crippen molar-refractivity contribution in [2.45, 2.75) is 46.3 Å². The Morgan fingerprint density at radius 3 is 2.78 bits per heavy atom. The molecule has 0 amide bonds. The average molecular weight is 292 g/mol. The van der Waals surface area contributed by atoms with Crippen LogP contribution in [0.2, 0.25) is 5.02 Å².